The summed E-state index contributed by atoms with van der Waals surface area (Å²) in [6, 6.07) is 5.51. The third kappa shape index (κ3) is 4.72. The molecule has 4 rings (SSSR count). The molecule has 3 aliphatic rings. The van der Waals surface area contributed by atoms with E-state index < -0.39 is 35.1 Å². The van der Waals surface area contributed by atoms with Crippen molar-refractivity contribution in [2.75, 3.05) is 18.5 Å². The number of likely N-dealkylation sites (tertiary alicyclic amines) is 1. The molecule has 0 aliphatic carbocycles. The van der Waals surface area contributed by atoms with E-state index in [4.69, 9.17) is 9.47 Å². The molecule has 9 nitrogen and oxygen atoms in total. The Kier molecular flexibility index (Phi) is 7.59. The molecule has 1 aromatic rings. The fraction of sp³-hybridized carbons (Fsp3) is 0.679. The molecular weight excluding hydrogens is 474 g/mol. The van der Waals surface area contributed by atoms with E-state index in [1.807, 2.05) is 41.5 Å². The zero-order valence-corrected chi connectivity index (χ0v) is 22.7. The minimum Gasteiger partial charge on any atom is -0.494 e. The van der Waals surface area contributed by atoms with Crippen LogP contribution in [0.3, 0.4) is 0 Å². The molecule has 2 unspecified atom stereocenters. The molecule has 1 aromatic carbocycles. The van der Waals surface area contributed by atoms with Gasteiger partial charge in [-0.25, -0.2) is 0 Å². The Morgan fingerprint density at radius 1 is 1.16 bits per heavy atom. The van der Waals surface area contributed by atoms with E-state index in [1.54, 1.807) is 24.3 Å². The molecule has 0 radical (unpaired) electrons. The first-order valence-corrected chi connectivity index (χ1v) is 13.4. The monoisotopic (exact) mass is 515 g/mol. The van der Waals surface area contributed by atoms with E-state index >= 15 is 0 Å². The van der Waals surface area contributed by atoms with Gasteiger partial charge >= 0.3 is 0 Å². The number of hydrogen-bond acceptors (Lipinski definition) is 6. The van der Waals surface area contributed by atoms with Crippen LogP contribution in [0.25, 0.3) is 0 Å². The fourth-order valence-electron chi connectivity index (χ4n) is 6.66. The first-order chi connectivity index (χ1) is 17.5. The molecule has 3 fully saturated rings. The fourth-order valence-corrected chi connectivity index (χ4v) is 6.66. The van der Waals surface area contributed by atoms with Gasteiger partial charge in [-0.2, -0.15) is 0 Å². The standard InChI is InChI=1S/C28H41N3O6/c1-7-36-20-10-8-18(9-11-20)30-24(33)21-22-26(35)31(19(15-32)14-16(2)3)23(25(34)29-17(4)5)28(22)13-12-27(21,6)37-28/h8-11,16-17,19,21-23,32H,7,12-15H2,1-6H3,(H,29,34)(H,30,33)/t19-,21-,22+,23?,27+,28?/m1/s1. The van der Waals surface area contributed by atoms with Crippen molar-refractivity contribution in [1.82, 2.24) is 10.2 Å². The summed E-state index contributed by atoms with van der Waals surface area (Å²) in [5, 5.41) is 16.2. The SMILES string of the molecule is CCOc1ccc(NC(=O)[C@H]2[C@H]3C(=O)N([C@@H](CO)CC(C)C)C(C(=O)NC(C)C)C34CC[C@]2(C)O4)cc1. The number of hydrogen-bond donors (Lipinski definition) is 3. The number of aliphatic hydroxyl groups is 1. The lowest BCUT2D eigenvalue weighted by Crippen LogP contribution is -2.59. The Labute approximate surface area is 219 Å². The number of aliphatic hydroxyl groups excluding tert-OH is 1. The van der Waals surface area contributed by atoms with Crippen molar-refractivity contribution >= 4 is 23.4 Å². The van der Waals surface area contributed by atoms with Crippen LogP contribution in [0.1, 0.15) is 60.8 Å². The van der Waals surface area contributed by atoms with Gasteiger partial charge in [-0.3, -0.25) is 14.4 Å². The van der Waals surface area contributed by atoms with E-state index in [2.05, 4.69) is 10.6 Å². The number of amides is 3. The normalized spacial score (nSPS) is 31.1. The Bertz CT molecular complexity index is 1030. The second-order valence-electron chi connectivity index (χ2n) is 11.5. The van der Waals surface area contributed by atoms with E-state index in [0.717, 1.165) is 0 Å². The van der Waals surface area contributed by atoms with Gasteiger partial charge in [0.1, 0.15) is 17.4 Å². The smallest absolute Gasteiger partial charge is 0.246 e. The predicted molar refractivity (Wildman–Crippen MR) is 139 cm³/mol. The van der Waals surface area contributed by atoms with Gasteiger partial charge in [-0.15, -0.1) is 0 Å². The summed E-state index contributed by atoms with van der Waals surface area (Å²) in [5.41, 5.74) is -1.39. The van der Waals surface area contributed by atoms with Crippen molar-refractivity contribution in [3.8, 4) is 5.75 Å². The van der Waals surface area contributed by atoms with Crippen LogP contribution >= 0.6 is 0 Å². The van der Waals surface area contributed by atoms with Crippen LogP contribution in [0.2, 0.25) is 0 Å². The number of ether oxygens (including phenoxy) is 2. The van der Waals surface area contributed by atoms with Gasteiger partial charge < -0.3 is 30.1 Å². The van der Waals surface area contributed by atoms with Crippen molar-refractivity contribution in [2.45, 2.75) is 90.1 Å². The highest BCUT2D eigenvalue weighted by Gasteiger charge is 2.78. The van der Waals surface area contributed by atoms with Crippen molar-refractivity contribution in [3.05, 3.63) is 24.3 Å². The summed E-state index contributed by atoms with van der Waals surface area (Å²) < 4.78 is 12.1. The molecule has 3 heterocycles. The second-order valence-corrected chi connectivity index (χ2v) is 11.5. The minimum absolute atomic E-state index is 0.134. The zero-order valence-electron chi connectivity index (χ0n) is 22.7. The van der Waals surface area contributed by atoms with Crippen LogP contribution in [0.4, 0.5) is 5.69 Å². The first-order valence-electron chi connectivity index (χ1n) is 13.4. The molecule has 6 atom stereocenters. The lowest BCUT2D eigenvalue weighted by Gasteiger charge is -2.38. The van der Waals surface area contributed by atoms with E-state index in [0.29, 0.717) is 37.3 Å². The van der Waals surface area contributed by atoms with Crippen LogP contribution in [0.5, 0.6) is 5.75 Å². The molecule has 3 N–H and O–H groups in total. The first kappa shape index (κ1) is 27.4. The summed E-state index contributed by atoms with van der Waals surface area (Å²) in [5.74, 6) is -1.57. The molecule has 3 amide bonds. The van der Waals surface area contributed by atoms with Crippen LogP contribution in [0, 0.1) is 17.8 Å². The van der Waals surface area contributed by atoms with Crippen molar-refractivity contribution in [1.29, 1.82) is 0 Å². The maximum atomic E-state index is 14.1. The highest BCUT2D eigenvalue weighted by molar-refractivity contribution is 6.02. The number of rotatable bonds is 10. The topological polar surface area (TPSA) is 117 Å². The minimum atomic E-state index is -1.12. The van der Waals surface area contributed by atoms with Crippen molar-refractivity contribution in [3.63, 3.8) is 0 Å². The molecule has 204 valence electrons. The Morgan fingerprint density at radius 2 is 1.84 bits per heavy atom. The number of benzene rings is 1. The molecule has 2 bridgehead atoms. The molecule has 37 heavy (non-hydrogen) atoms. The highest BCUT2D eigenvalue weighted by atomic mass is 16.5. The number of fused-ring (bicyclic) bond motifs is 1. The van der Waals surface area contributed by atoms with Crippen LogP contribution < -0.4 is 15.4 Å². The Morgan fingerprint density at radius 3 is 2.41 bits per heavy atom. The molecule has 1 spiro atoms. The van der Waals surface area contributed by atoms with Gasteiger partial charge in [-0.05, 0) is 77.1 Å². The van der Waals surface area contributed by atoms with Gasteiger partial charge in [0.2, 0.25) is 17.7 Å². The third-order valence-electron chi connectivity index (χ3n) is 7.96. The Hall–Kier alpha value is -2.65. The van der Waals surface area contributed by atoms with Gasteiger partial charge in [0.05, 0.1) is 36.7 Å². The Balaban J connectivity index is 1.70. The summed E-state index contributed by atoms with van der Waals surface area (Å²) in [6.45, 7) is 11.8. The summed E-state index contributed by atoms with van der Waals surface area (Å²) in [6.07, 6.45) is 1.60. The number of carbonyl (C=O) groups is 3. The maximum Gasteiger partial charge on any atom is 0.246 e. The number of nitrogens with zero attached hydrogens (tertiary/aromatic N) is 1. The summed E-state index contributed by atoms with van der Waals surface area (Å²) >= 11 is 0. The van der Waals surface area contributed by atoms with Crippen LogP contribution in [-0.4, -0.2) is 70.3 Å². The largest absolute Gasteiger partial charge is 0.494 e. The van der Waals surface area contributed by atoms with Gasteiger partial charge in [0.25, 0.3) is 0 Å². The summed E-state index contributed by atoms with van der Waals surface area (Å²) in [4.78, 5) is 43.0. The number of anilines is 1. The quantitative estimate of drug-likeness (QED) is 0.441. The van der Waals surface area contributed by atoms with Crippen molar-refractivity contribution < 1.29 is 29.0 Å². The average molecular weight is 516 g/mol. The van der Waals surface area contributed by atoms with Gasteiger partial charge in [0, 0.05) is 11.7 Å². The third-order valence-corrected chi connectivity index (χ3v) is 7.96. The zero-order chi connectivity index (χ0) is 27.1. The lowest BCUT2D eigenvalue weighted by atomic mass is 9.66. The van der Waals surface area contributed by atoms with E-state index in [9.17, 15) is 19.5 Å². The summed E-state index contributed by atoms with van der Waals surface area (Å²) in [7, 11) is 0. The number of carbonyl (C=O) groups excluding carboxylic acids is 3. The molecular formula is C28H41N3O6. The van der Waals surface area contributed by atoms with Crippen LogP contribution in [0.15, 0.2) is 24.3 Å². The highest BCUT2D eigenvalue weighted by Crippen LogP contribution is 2.63. The predicted octanol–water partition coefficient (Wildman–Crippen LogP) is 2.72. The lowest BCUT2D eigenvalue weighted by molar-refractivity contribution is -0.149. The van der Waals surface area contributed by atoms with Crippen LogP contribution in [-0.2, 0) is 19.1 Å². The number of nitrogens with one attached hydrogen (secondary N) is 2. The maximum absolute atomic E-state index is 14.1. The van der Waals surface area contributed by atoms with E-state index in [-0.39, 0.29) is 36.3 Å². The molecule has 3 saturated heterocycles. The van der Waals surface area contributed by atoms with Gasteiger partial charge in [-0.1, -0.05) is 13.8 Å². The van der Waals surface area contributed by atoms with Gasteiger partial charge in [0.15, 0.2) is 0 Å². The molecule has 9 heteroatoms. The van der Waals surface area contributed by atoms with E-state index in [1.165, 1.54) is 4.90 Å². The molecule has 0 saturated carbocycles. The second kappa shape index (κ2) is 10.3. The molecule has 0 aromatic heterocycles. The molecule has 3 aliphatic heterocycles. The average Bonchev–Trinajstić information content (AvgIpc) is 3.39. The van der Waals surface area contributed by atoms with Crippen molar-refractivity contribution in [2.24, 2.45) is 17.8 Å².